The summed E-state index contributed by atoms with van der Waals surface area (Å²) in [6.45, 7) is 0. The molecule has 0 aromatic heterocycles. The predicted octanol–water partition coefficient (Wildman–Crippen LogP) is 1.42. The molecule has 0 bridgehead atoms. The summed E-state index contributed by atoms with van der Waals surface area (Å²) in [6, 6.07) is 5.10. The number of nitrogens with one attached hydrogen (secondary N) is 1. The minimum Gasteiger partial charge on any atom is -0.340 e. The number of aryl methyl sites for hydroxylation is 1. The molecule has 2 N–H and O–H groups in total. The number of anilines is 1. The summed E-state index contributed by atoms with van der Waals surface area (Å²) in [5.41, 5.74) is 1.79. The first kappa shape index (κ1) is 8.07. The molecule has 68 valence electrons. The molecule has 1 heterocycles. The highest BCUT2D eigenvalue weighted by Gasteiger charge is 2.14. The van der Waals surface area contributed by atoms with Gasteiger partial charge in [-0.15, -0.1) is 0 Å². The first-order valence-electron chi connectivity index (χ1n) is 4.04. The van der Waals surface area contributed by atoms with Crippen LogP contribution in [0, 0.1) is 0 Å². The smallest absolute Gasteiger partial charge is 0.224 e. The molecule has 13 heavy (non-hydrogen) atoms. The van der Waals surface area contributed by atoms with Crippen molar-refractivity contribution in [3.63, 3.8) is 0 Å². The van der Waals surface area contributed by atoms with Crippen LogP contribution in [0.15, 0.2) is 18.2 Å². The van der Waals surface area contributed by atoms with E-state index in [0.717, 1.165) is 17.7 Å². The molecule has 0 aliphatic carbocycles. The molecule has 4 heteroatoms. The Morgan fingerprint density at radius 3 is 3.00 bits per heavy atom. The van der Waals surface area contributed by atoms with Crippen molar-refractivity contribution in [2.75, 3.05) is 5.32 Å². The van der Waals surface area contributed by atoms with Crippen molar-refractivity contribution in [1.29, 1.82) is 0 Å². The van der Waals surface area contributed by atoms with Crippen molar-refractivity contribution in [3.05, 3.63) is 23.8 Å². The molecule has 2 rings (SSSR count). The first-order valence-corrected chi connectivity index (χ1v) is 4.04. The van der Waals surface area contributed by atoms with Crippen LogP contribution in [0.5, 0.6) is 5.75 Å². The van der Waals surface area contributed by atoms with E-state index >= 15 is 0 Å². The van der Waals surface area contributed by atoms with Gasteiger partial charge in [-0.2, -0.15) is 0 Å². The maximum absolute atomic E-state index is 11.0. The Labute approximate surface area is 75.1 Å². The van der Waals surface area contributed by atoms with Crippen LogP contribution < -0.4 is 10.2 Å². The molecule has 0 spiro atoms. The van der Waals surface area contributed by atoms with Crippen LogP contribution in [0.3, 0.4) is 0 Å². The molecule has 1 amide bonds. The lowest BCUT2D eigenvalue weighted by molar-refractivity contribution is -0.137. The number of rotatable bonds is 1. The minimum absolute atomic E-state index is 0.00240. The van der Waals surface area contributed by atoms with Crippen molar-refractivity contribution in [2.45, 2.75) is 12.8 Å². The maximum Gasteiger partial charge on any atom is 0.224 e. The SMILES string of the molecule is O=C1CCc2ccc(OO)cc2N1. The van der Waals surface area contributed by atoms with Crippen molar-refractivity contribution in [3.8, 4) is 5.75 Å². The Balaban J connectivity index is 2.38. The van der Waals surface area contributed by atoms with Gasteiger partial charge in [-0.3, -0.25) is 4.79 Å². The highest BCUT2D eigenvalue weighted by atomic mass is 17.1. The normalized spacial score (nSPS) is 14.7. The quantitative estimate of drug-likeness (QED) is 0.506. The van der Waals surface area contributed by atoms with Gasteiger partial charge in [0.2, 0.25) is 5.91 Å². The van der Waals surface area contributed by atoms with E-state index in [1.807, 2.05) is 6.07 Å². The van der Waals surface area contributed by atoms with Crippen LogP contribution in [0.4, 0.5) is 5.69 Å². The fraction of sp³-hybridized carbons (Fsp3) is 0.222. The van der Waals surface area contributed by atoms with Gasteiger partial charge in [-0.1, -0.05) is 6.07 Å². The third kappa shape index (κ3) is 1.48. The topological polar surface area (TPSA) is 58.6 Å². The van der Waals surface area contributed by atoms with E-state index in [0.29, 0.717) is 12.2 Å². The molecule has 0 saturated heterocycles. The summed E-state index contributed by atoms with van der Waals surface area (Å²) in [7, 11) is 0. The van der Waals surface area contributed by atoms with E-state index in [9.17, 15) is 4.79 Å². The summed E-state index contributed by atoms with van der Waals surface area (Å²) in [4.78, 5) is 15.1. The van der Waals surface area contributed by atoms with E-state index in [2.05, 4.69) is 10.2 Å². The van der Waals surface area contributed by atoms with Gasteiger partial charge < -0.3 is 10.2 Å². The second kappa shape index (κ2) is 3.06. The lowest BCUT2D eigenvalue weighted by Gasteiger charge is -2.16. The monoisotopic (exact) mass is 179 g/mol. The van der Waals surface area contributed by atoms with E-state index in [-0.39, 0.29) is 5.91 Å². The number of fused-ring (bicyclic) bond motifs is 1. The highest BCUT2D eigenvalue weighted by molar-refractivity contribution is 5.94. The lowest BCUT2D eigenvalue weighted by Crippen LogP contribution is -2.18. The van der Waals surface area contributed by atoms with Crippen LogP contribution in [0.25, 0.3) is 0 Å². The number of benzene rings is 1. The zero-order chi connectivity index (χ0) is 9.26. The summed E-state index contributed by atoms with van der Waals surface area (Å²) in [5.74, 6) is 0.337. The molecule has 1 aromatic rings. The van der Waals surface area contributed by atoms with Gasteiger partial charge in [0.25, 0.3) is 0 Å². The standard InChI is InChI=1S/C9H9NO3/c11-9-4-2-6-1-3-7(13-12)5-8(6)10-9/h1,3,5,12H,2,4H2,(H,10,11). The van der Waals surface area contributed by atoms with Gasteiger partial charge in [-0.05, 0) is 18.1 Å². The van der Waals surface area contributed by atoms with Gasteiger partial charge in [0, 0.05) is 18.2 Å². The molecular weight excluding hydrogens is 170 g/mol. The van der Waals surface area contributed by atoms with Crippen LogP contribution in [0.2, 0.25) is 0 Å². The minimum atomic E-state index is 0.00240. The summed E-state index contributed by atoms with van der Waals surface area (Å²) in [6.07, 6.45) is 1.26. The largest absolute Gasteiger partial charge is 0.340 e. The number of hydrogen-bond acceptors (Lipinski definition) is 3. The Morgan fingerprint density at radius 2 is 2.23 bits per heavy atom. The molecular formula is C9H9NO3. The average Bonchev–Trinajstić information content (AvgIpc) is 2.16. The molecule has 0 atom stereocenters. The maximum atomic E-state index is 11.0. The number of hydrogen-bond donors (Lipinski definition) is 2. The van der Waals surface area contributed by atoms with Crippen molar-refractivity contribution in [2.24, 2.45) is 0 Å². The third-order valence-electron chi connectivity index (χ3n) is 2.08. The van der Waals surface area contributed by atoms with E-state index in [4.69, 9.17) is 5.26 Å². The molecule has 4 nitrogen and oxygen atoms in total. The molecule has 0 radical (unpaired) electrons. The molecule has 0 unspecified atom stereocenters. The zero-order valence-corrected chi connectivity index (χ0v) is 6.91. The van der Waals surface area contributed by atoms with Crippen molar-refractivity contribution < 1.29 is 14.9 Å². The predicted molar refractivity (Wildman–Crippen MR) is 46.6 cm³/mol. The first-order chi connectivity index (χ1) is 6.29. The van der Waals surface area contributed by atoms with Crippen molar-refractivity contribution >= 4 is 11.6 Å². The number of carbonyl (C=O) groups excluding carboxylic acids is 1. The second-order valence-corrected chi connectivity index (χ2v) is 2.96. The van der Waals surface area contributed by atoms with Crippen LogP contribution in [-0.2, 0) is 11.2 Å². The van der Waals surface area contributed by atoms with Crippen LogP contribution >= 0.6 is 0 Å². The van der Waals surface area contributed by atoms with E-state index in [1.165, 1.54) is 0 Å². The van der Waals surface area contributed by atoms with Gasteiger partial charge in [0.15, 0.2) is 5.75 Å². The fourth-order valence-electron chi connectivity index (χ4n) is 1.41. The van der Waals surface area contributed by atoms with E-state index < -0.39 is 0 Å². The second-order valence-electron chi connectivity index (χ2n) is 2.96. The lowest BCUT2D eigenvalue weighted by atomic mass is 10.0. The number of carbonyl (C=O) groups is 1. The van der Waals surface area contributed by atoms with Gasteiger partial charge in [-0.25, -0.2) is 5.26 Å². The average molecular weight is 179 g/mol. The fourth-order valence-corrected chi connectivity index (χ4v) is 1.41. The Morgan fingerprint density at radius 1 is 1.38 bits per heavy atom. The summed E-state index contributed by atoms with van der Waals surface area (Å²) >= 11 is 0. The van der Waals surface area contributed by atoms with Crippen LogP contribution in [-0.4, -0.2) is 11.2 Å². The molecule has 0 saturated carbocycles. The highest BCUT2D eigenvalue weighted by Crippen LogP contribution is 2.26. The summed E-state index contributed by atoms with van der Waals surface area (Å²) < 4.78 is 0. The van der Waals surface area contributed by atoms with E-state index in [1.54, 1.807) is 12.1 Å². The van der Waals surface area contributed by atoms with Gasteiger partial charge >= 0.3 is 0 Å². The molecule has 1 aliphatic heterocycles. The Kier molecular flexibility index (Phi) is 1.90. The number of amides is 1. The Bertz CT molecular complexity index is 349. The zero-order valence-electron chi connectivity index (χ0n) is 6.91. The summed E-state index contributed by atoms with van der Waals surface area (Å²) in [5, 5.41) is 11.1. The molecule has 1 aliphatic rings. The third-order valence-corrected chi connectivity index (χ3v) is 2.08. The molecule has 1 aromatic carbocycles. The van der Waals surface area contributed by atoms with Gasteiger partial charge in [0.1, 0.15) is 0 Å². The van der Waals surface area contributed by atoms with Crippen molar-refractivity contribution in [1.82, 2.24) is 0 Å². The molecule has 0 fully saturated rings. The van der Waals surface area contributed by atoms with Gasteiger partial charge in [0.05, 0.1) is 0 Å². The Hall–Kier alpha value is -1.55. The van der Waals surface area contributed by atoms with Crippen LogP contribution in [0.1, 0.15) is 12.0 Å².